The molecule has 3 heterocycles. The van der Waals surface area contributed by atoms with Gasteiger partial charge in [-0.3, -0.25) is 9.89 Å². The van der Waals surface area contributed by atoms with Crippen molar-refractivity contribution in [3.05, 3.63) is 53.4 Å². The Bertz CT molecular complexity index is 1320. The van der Waals surface area contributed by atoms with E-state index in [0.29, 0.717) is 42.0 Å². The van der Waals surface area contributed by atoms with Crippen LogP contribution in [0.1, 0.15) is 5.56 Å². The molecule has 0 radical (unpaired) electrons. The number of nitrogens with one attached hydrogen (secondary N) is 2. The topological polar surface area (TPSA) is 111 Å². The summed E-state index contributed by atoms with van der Waals surface area (Å²) < 4.78 is 16.5. The normalized spacial score (nSPS) is 12.6. The first-order valence-corrected chi connectivity index (χ1v) is 10.2. The molecule has 0 aliphatic carbocycles. The third-order valence-electron chi connectivity index (χ3n) is 5.01. The van der Waals surface area contributed by atoms with Crippen LogP contribution >= 0.6 is 11.6 Å². The number of amides is 1. The van der Waals surface area contributed by atoms with Gasteiger partial charge in [-0.2, -0.15) is 5.10 Å². The van der Waals surface area contributed by atoms with Gasteiger partial charge in [0, 0.05) is 10.9 Å². The largest absolute Gasteiger partial charge is 0.493 e. The maximum atomic E-state index is 12.7. The Morgan fingerprint density at radius 1 is 1.19 bits per heavy atom. The molecule has 10 heteroatoms. The van der Waals surface area contributed by atoms with E-state index in [1.54, 1.807) is 0 Å². The van der Waals surface area contributed by atoms with Crippen molar-refractivity contribution in [1.82, 2.24) is 20.2 Å². The van der Waals surface area contributed by atoms with Crippen LogP contribution in [-0.2, 0) is 11.2 Å². The molecule has 1 aliphatic rings. The first-order valence-electron chi connectivity index (χ1n) is 9.84. The molecule has 0 spiro atoms. The van der Waals surface area contributed by atoms with Crippen molar-refractivity contribution >= 4 is 34.2 Å². The van der Waals surface area contributed by atoms with E-state index in [4.69, 9.17) is 25.8 Å². The lowest BCUT2D eigenvalue weighted by molar-refractivity contribution is -0.115. The second kappa shape index (κ2) is 8.35. The molecule has 5 rings (SSSR count). The summed E-state index contributed by atoms with van der Waals surface area (Å²) in [5.41, 5.74) is 2.88. The number of aromatic amines is 1. The van der Waals surface area contributed by atoms with Gasteiger partial charge in [-0.05, 0) is 41.4 Å². The molecule has 0 fully saturated rings. The van der Waals surface area contributed by atoms with Crippen LogP contribution < -0.4 is 19.5 Å². The van der Waals surface area contributed by atoms with Gasteiger partial charge in [0.05, 0.1) is 25.2 Å². The van der Waals surface area contributed by atoms with Gasteiger partial charge >= 0.3 is 0 Å². The number of ether oxygens (including phenoxy) is 3. The molecule has 9 nitrogen and oxygen atoms in total. The summed E-state index contributed by atoms with van der Waals surface area (Å²) in [6, 6.07) is 11.1. The smallest absolute Gasteiger partial charge is 0.230 e. The monoisotopic (exact) mass is 451 g/mol. The van der Waals surface area contributed by atoms with E-state index >= 15 is 0 Å². The minimum absolute atomic E-state index is 0.112. The number of fused-ring (bicyclic) bond motifs is 2. The summed E-state index contributed by atoms with van der Waals surface area (Å²) in [6.07, 6.45) is 1.68. The first-order chi connectivity index (χ1) is 15.6. The maximum Gasteiger partial charge on any atom is 0.230 e. The number of carbonyl (C=O) groups is 1. The molecule has 1 amide bonds. The molecule has 4 aromatic rings. The number of benzene rings is 2. The number of halogens is 1. The third-order valence-corrected chi connectivity index (χ3v) is 5.19. The predicted molar refractivity (Wildman–Crippen MR) is 118 cm³/mol. The molecule has 2 aromatic carbocycles. The minimum atomic E-state index is -0.205. The maximum absolute atomic E-state index is 12.7. The van der Waals surface area contributed by atoms with E-state index in [2.05, 4.69) is 25.5 Å². The van der Waals surface area contributed by atoms with E-state index in [1.807, 2.05) is 36.4 Å². The second-order valence-electron chi connectivity index (χ2n) is 7.09. The lowest BCUT2D eigenvalue weighted by Crippen LogP contribution is -2.17. The van der Waals surface area contributed by atoms with E-state index in [0.717, 1.165) is 22.0 Å². The number of aromatic nitrogens is 4. The van der Waals surface area contributed by atoms with Crippen LogP contribution in [0.15, 0.2) is 42.6 Å². The first kappa shape index (κ1) is 20.1. The lowest BCUT2D eigenvalue weighted by atomic mass is 10.1. The number of hydrogen-bond acceptors (Lipinski definition) is 7. The van der Waals surface area contributed by atoms with Crippen LogP contribution in [0.5, 0.6) is 17.2 Å². The van der Waals surface area contributed by atoms with Gasteiger partial charge in [0.15, 0.2) is 23.1 Å². The summed E-state index contributed by atoms with van der Waals surface area (Å²) in [4.78, 5) is 20.9. The Morgan fingerprint density at radius 2 is 2.03 bits per heavy atom. The van der Waals surface area contributed by atoms with Gasteiger partial charge < -0.3 is 19.5 Å². The summed E-state index contributed by atoms with van der Waals surface area (Å²) in [7, 11) is 1.54. The number of anilines is 1. The zero-order chi connectivity index (χ0) is 22.1. The SMILES string of the molecule is COc1cnc(Cl)nc1-c1ccc2[nH]nc(NC(=O)Cc3ccc4c(c3)OCCO4)c2c1. The van der Waals surface area contributed by atoms with Crippen LogP contribution in [0.3, 0.4) is 0 Å². The summed E-state index contributed by atoms with van der Waals surface area (Å²) >= 11 is 5.97. The van der Waals surface area contributed by atoms with E-state index in [-0.39, 0.29) is 17.6 Å². The standard InChI is InChI=1S/C22H18ClN5O4/c1-30-18-11-24-22(23)26-20(18)13-3-4-15-14(10-13)21(28-27-15)25-19(29)9-12-2-5-16-17(8-12)32-7-6-31-16/h2-5,8,10-11H,6-7,9H2,1H3,(H2,25,27,28,29). The van der Waals surface area contributed by atoms with Crippen LogP contribution in [0, 0.1) is 0 Å². The highest BCUT2D eigenvalue weighted by Crippen LogP contribution is 2.33. The van der Waals surface area contributed by atoms with Crippen molar-refractivity contribution in [2.24, 2.45) is 0 Å². The highest BCUT2D eigenvalue weighted by molar-refractivity contribution is 6.28. The minimum Gasteiger partial charge on any atom is -0.493 e. The molecule has 1 aliphatic heterocycles. The fraction of sp³-hybridized carbons (Fsp3) is 0.182. The quantitative estimate of drug-likeness (QED) is 0.445. The van der Waals surface area contributed by atoms with Crippen molar-refractivity contribution in [2.75, 3.05) is 25.6 Å². The molecule has 0 saturated heterocycles. The van der Waals surface area contributed by atoms with E-state index < -0.39 is 0 Å². The third kappa shape index (κ3) is 3.90. The second-order valence-corrected chi connectivity index (χ2v) is 7.43. The molecule has 0 unspecified atom stereocenters. The Hall–Kier alpha value is -3.85. The summed E-state index contributed by atoms with van der Waals surface area (Å²) in [5, 5.41) is 10.9. The fourth-order valence-electron chi connectivity index (χ4n) is 3.52. The Morgan fingerprint density at radius 3 is 2.88 bits per heavy atom. The number of H-pyrrole nitrogens is 1. The van der Waals surface area contributed by atoms with Crippen molar-refractivity contribution in [3.63, 3.8) is 0 Å². The molecule has 32 heavy (non-hydrogen) atoms. The molecule has 0 bridgehead atoms. The highest BCUT2D eigenvalue weighted by atomic mass is 35.5. The van der Waals surface area contributed by atoms with E-state index in [1.165, 1.54) is 13.3 Å². The number of hydrogen-bond donors (Lipinski definition) is 2. The molecular weight excluding hydrogens is 434 g/mol. The van der Waals surface area contributed by atoms with Crippen molar-refractivity contribution in [3.8, 4) is 28.5 Å². The van der Waals surface area contributed by atoms with Gasteiger partial charge in [0.25, 0.3) is 0 Å². The number of nitrogens with zero attached hydrogens (tertiary/aromatic N) is 3. The van der Waals surface area contributed by atoms with Crippen molar-refractivity contribution in [1.29, 1.82) is 0 Å². The van der Waals surface area contributed by atoms with Crippen LogP contribution in [0.25, 0.3) is 22.2 Å². The molecule has 0 atom stereocenters. The van der Waals surface area contributed by atoms with Gasteiger partial charge in [-0.25, -0.2) is 9.97 Å². The lowest BCUT2D eigenvalue weighted by Gasteiger charge is -2.18. The van der Waals surface area contributed by atoms with Crippen molar-refractivity contribution < 1.29 is 19.0 Å². The molecule has 162 valence electrons. The Balaban J connectivity index is 1.39. The fourth-order valence-corrected chi connectivity index (χ4v) is 3.65. The highest BCUT2D eigenvalue weighted by Gasteiger charge is 2.16. The number of carbonyl (C=O) groups excluding carboxylic acids is 1. The van der Waals surface area contributed by atoms with Crippen LogP contribution in [0.4, 0.5) is 5.82 Å². The zero-order valence-corrected chi connectivity index (χ0v) is 17.8. The molecular formula is C22H18ClN5O4. The average molecular weight is 452 g/mol. The molecule has 2 N–H and O–H groups in total. The summed E-state index contributed by atoms with van der Waals surface area (Å²) in [5.74, 6) is 2.04. The van der Waals surface area contributed by atoms with Gasteiger partial charge in [0.2, 0.25) is 11.2 Å². The van der Waals surface area contributed by atoms with E-state index in [9.17, 15) is 4.79 Å². The van der Waals surface area contributed by atoms with Crippen LogP contribution in [-0.4, -0.2) is 46.4 Å². The predicted octanol–water partition coefficient (Wildman–Crippen LogP) is 3.63. The van der Waals surface area contributed by atoms with Gasteiger partial charge in [-0.15, -0.1) is 0 Å². The van der Waals surface area contributed by atoms with Gasteiger partial charge in [-0.1, -0.05) is 12.1 Å². The number of rotatable bonds is 5. The van der Waals surface area contributed by atoms with Gasteiger partial charge in [0.1, 0.15) is 18.9 Å². The van der Waals surface area contributed by atoms with Crippen LogP contribution in [0.2, 0.25) is 5.28 Å². The molecule has 0 saturated carbocycles. The Labute approximate surface area is 187 Å². The Kier molecular flexibility index (Phi) is 5.24. The average Bonchev–Trinajstić information content (AvgIpc) is 3.20. The van der Waals surface area contributed by atoms with Crippen molar-refractivity contribution in [2.45, 2.75) is 6.42 Å². The summed E-state index contributed by atoms with van der Waals surface area (Å²) in [6.45, 7) is 1.01. The molecule has 2 aromatic heterocycles. The zero-order valence-electron chi connectivity index (χ0n) is 17.0. The number of methoxy groups -OCH3 is 1.